The summed E-state index contributed by atoms with van der Waals surface area (Å²) in [5, 5.41) is 0. The lowest BCUT2D eigenvalue weighted by molar-refractivity contribution is 0.482. The third kappa shape index (κ3) is 7.82. The molecule has 6 nitrogen and oxygen atoms in total. The van der Waals surface area contributed by atoms with Gasteiger partial charge in [0.15, 0.2) is 0 Å². The van der Waals surface area contributed by atoms with E-state index in [9.17, 15) is 0 Å². The van der Waals surface area contributed by atoms with Gasteiger partial charge in [-0.15, -0.1) is 0 Å². The molecule has 0 atom stereocenters. The lowest BCUT2D eigenvalue weighted by atomic mass is 10.1. The second kappa shape index (κ2) is 15.3. The number of rotatable bonds is 12. The largest absolute Gasteiger partial charge is 0.457 e. The van der Waals surface area contributed by atoms with Crippen LogP contribution in [0.3, 0.4) is 0 Å². The van der Waals surface area contributed by atoms with Gasteiger partial charge >= 0.3 is 0 Å². The molecular formula is C45H40N4O2. The van der Waals surface area contributed by atoms with Crippen LogP contribution in [-0.4, -0.2) is 13.6 Å². The van der Waals surface area contributed by atoms with Gasteiger partial charge in [0.25, 0.3) is 0 Å². The lowest BCUT2D eigenvalue weighted by Crippen LogP contribution is -2.16. The van der Waals surface area contributed by atoms with Crippen molar-refractivity contribution in [1.82, 2.24) is 0 Å². The quantitative estimate of drug-likeness (QED) is 0.131. The van der Waals surface area contributed by atoms with Crippen LogP contribution in [-0.2, 0) is 0 Å². The van der Waals surface area contributed by atoms with Crippen molar-refractivity contribution < 1.29 is 9.47 Å². The molecule has 51 heavy (non-hydrogen) atoms. The fraction of sp³-hybridized carbons (Fsp3) is 0.0667. The Kier molecular flexibility index (Phi) is 9.84. The van der Waals surface area contributed by atoms with Crippen LogP contribution in [0.15, 0.2) is 182 Å². The van der Waals surface area contributed by atoms with Crippen molar-refractivity contribution in [3.05, 3.63) is 182 Å². The van der Waals surface area contributed by atoms with Crippen molar-refractivity contribution in [2.24, 2.45) is 0 Å². The van der Waals surface area contributed by atoms with Gasteiger partial charge in [0.2, 0.25) is 0 Å². The van der Waals surface area contributed by atoms with Crippen LogP contribution >= 0.6 is 0 Å². The van der Waals surface area contributed by atoms with Gasteiger partial charge in [0.05, 0.1) is 0 Å². The molecule has 7 rings (SSSR count). The minimum Gasteiger partial charge on any atom is -0.457 e. The Hall–Kier alpha value is -6.66. The van der Waals surface area contributed by atoms with Gasteiger partial charge in [-0.1, -0.05) is 36.4 Å². The van der Waals surface area contributed by atoms with E-state index in [4.69, 9.17) is 15.2 Å². The number of nitrogens with zero attached hydrogens (tertiary/aromatic N) is 3. The highest BCUT2D eigenvalue weighted by Gasteiger charge is 2.17. The SMILES string of the molecule is CCN(C)c1ccc(N(c2ccc(Oc3ccccc3)cc2)c2ccc(N(c3ccc(N)cc3)c3ccc(Oc4ccccc4)cc3)cc2)cc1. The van der Waals surface area contributed by atoms with Gasteiger partial charge in [0, 0.05) is 59.1 Å². The topological polar surface area (TPSA) is 54.2 Å². The smallest absolute Gasteiger partial charge is 0.127 e. The van der Waals surface area contributed by atoms with Crippen molar-refractivity contribution in [2.45, 2.75) is 6.92 Å². The first-order valence-electron chi connectivity index (χ1n) is 17.1. The number of anilines is 8. The third-order valence-corrected chi connectivity index (χ3v) is 8.69. The minimum atomic E-state index is 0.715. The average Bonchev–Trinajstić information content (AvgIpc) is 3.18. The number of nitrogen functional groups attached to an aromatic ring is 1. The Balaban J connectivity index is 1.22. The Morgan fingerprint density at radius 2 is 0.647 bits per heavy atom. The van der Waals surface area contributed by atoms with Gasteiger partial charge in [0.1, 0.15) is 23.0 Å². The Labute approximate surface area is 300 Å². The molecule has 0 unspecified atom stereocenters. The van der Waals surface area contributed by atoms with Gasteiger partial charge in [-0.05, 0) is 153 Å². The summed E-state index contributed by atoms with van der Waals surface area (Å²) in [6.45, 7) is 3.09. The van der Waals surface area contributed by atoms with Crippen LogP contribution in [0.1, 0.15) is 6.92 Å². The standard InChI is InChI=1S/C45H40N4O2/c1-3-47(2)35-18-20-37(21-19-35)49(41-28-32-45(33-29-41)51-43-12-8-5-9-13-43)39-24-22-38(23-25-39)48(36-16-14-34(46)15-17-36)40-26-30-44(31-27-40)50-42-10-6-4-7-11-42/h4-33H,3,46H2,1-2H3. The zero-order valence-corrected chi connectivity index (χ0v) is 28.8. The highest BCUT2D eigenvalue weighted by atomic mass is 16.5. The van der Waals surface area contributed by atoms with Crippen LogP contribution < -0.4 is 29.9 Å². The molecule has 252 valence electrons. The van der Waals surface area contributed by atoms with Gasteiger partial charge in [-0.2, -0.15) is 0 Å². The molecule has 2 N–H and O–H groups in total. The van der Waals surface area contributed by atoms with Crippen molar-refractivity contribution in [3.8, 4) is 23.0 Å². The summed E-state index contributed by atoms with van der Waals surface area (Å²) in [7, 11) is 2.10. The van der Waals surface area contributed by atoms with Crippen molar-refractivity contribution >= 4 is 45.5 Å². The van der Waals surface area contributed by atoms with Crippen molar-refractivity contribution in [3.63, 3.8) is 0 Å². The molecule has 7 aromatic rings. The molecule has 0 amide bonds. The molecule has 0 aliphatic rings. The van der Waals surface area contributed by atoms with E-state index < -0.39 is 0 Å². The molecule has 7 aromatic carbocycles. The first-order chi connectivity index (χ1) is 25.0. The molecule has 0 radical (unpaired) electrons. The molecule has 0 saturated heterocycles. The predicted octanol–water partition coefficient (Wildman–Crippen LogP) is 12.2. The van der Waals surface area contributed by atoms with Crippen molar-refractivity contribution in [1.29, 1.82) is 0 Å². The number of hydrogen-bond acceptors (Lipinski definition) is 6. The van der Waals surface area contributed by atoms with Gasteiger partial charge in [-0.25, -0.2) is 0 Å². The van der Waals surface area contributed by atoms with E-state index in [-0.39, 0.29) is 0 Å². The fourth-order valence-corrected chi connectivity index (χ4v) is 5.88. The summed E-state index contributed by atoms with van der Waals surface area (Å²) in [5.41, 5.74) is 14.1. The number of para-hydroxylation sites is 2. The number of hydrogen-bond donors (Lipinski definition) is 1. The maximum absolute atomic E-state index is 6.10. The zero-order chi connectivity index (χ0) is 35.0. The summed E-state index contributed by atoms with van der Waals surface area (Å²) >= 11 is 0. The van der Waals surface area contributed by atoms with Crippen LogP contribution in [0.2, 0.25) is 0 Å². The van der Waals surface area contributed by atoms with Crippen LogP contribution in [0.5, 0.6) is 23.0 Å². The average molecular weight is 669 g/mol. The Bertz CT molecular complexity index is 2120. The van der Waals surface area contributed by atoms with Crippen LogP contribution in [0.25, 0.3) is 0 Å². The van der Waals surface area contributed by atoms with E-state index >= 15 is 0 Å². The van der Waals surface area contributed by atoms with Gasteiger partial charge < -0.3 is 29.9 Å². The van der Waals surface area contributed by atoms with E-state index in [1.807, 2.05) is 109 Å². The Morgan fingerprint density at radius 3 is 0.980 bits per heavy atom. The highest BCUT2D eigenvalue weighted by molar-refractivity contribution is 5.82. The summed E-state index contributed by atoms with van der Waals surface area (Å²) in [5.74, 6) is 3.15. The fourth-order valence-electron chi connectivity index (χ4n) is 5.88. The summed E-state index contributed by atoms with van der Waals surface area (Å²) in [6, 6.07) is 61.2. The number of ether oxygens (including phenoxy) is 2. The van der Waals surface area contributed by atoms with E-state index in [0.717, 1.165) is 63.7 Å². The molecule has 0 aromatic heterocycles. The molecule has 0 heterocycles. The maximum Gasteiger partial charge on any atom is 0.127 e. The monoisotopic (exact) mass is 668 g/mol. The lowest BCUT2D eigenvalue weighted by Gasteiger charge is -2.29. The number of benzene rings is 7. The third-order valence-electron chi connectivity index (χ3n) is 8.69. The zero-order valence-electron chi connectivity index (χ0n) is 28.8. The Morgan fingerprint density at radius 1 is 0.373 bits per heavy atom. The number of nitrogens with two attached hydrogens (primary N) is 1. The van der Waals surface area contributed by atoms with Crippen LogP contribution in [0.4, 0.5) is 45.5 Å². The molecule has 0 aliphatic heterocycles. The van der Waals surface area contributed by atoms with E-state index in [1.54, 1.807) is 0 Å². The highest BCUT2D eigenvalue weighted by Crippen LogP contribution is 2.40. The maximum atomic E-state index is 6.10. The normalized spacial score (nSPS) is 10.7. The first kappa shape index (κ1) is 32.9. The van der Waals surface area contributed by atoms with Crippen LogP contribution in [0, 0.1) is 0 Å². The van der Waals surface area contributed by atoms with E-state index in [1.165, 1.54) is 5.69 Å². The summed E-state index contributed by atoms with van der Waals surface area (Å²) in [6.07, 6.45) is 0. The molecule has 6 heteroatoms. The molecule has 0 bridgehead atoms. The second-order valence-corrected chi connectivity index (χ2v) is 12.1. The second-order valence-electron chi connectivity index (χ2n) is 12.1. The molecular weight excluding hydrogens is 629 g/mol. The van der Waals surface area contributed by atoms with Gasteiger partial charge in [-0.3, -0.25) is 0 Å². The summed E-state index contributed by atoms with van der Waals surface area (Å²) in [4.78, 5) is 6.70. The molecule has 0 aliphatic carbocycles. The minimum absolute atomic E-state index is 0.715. The van der Waals surface area contributed by atoms with E-state index in [2.05, 4.69) is 101 Å². The van der Waals surface area contributed by atoms with Crippen molar-refractivity contribution in [2.75, 3.05) is 34.0 Å². The first-order valence-corrected chi connectivity index (χ1v) is 17.1. The molecule has 0 spiro atoms. The summed E-state index contributed by atoms with van der Waals surface area (Å²) < 4.78 is 12.2. The molecule has 0 saturated carbocycles. The molecule has 0 fully saturated rings. The predicted molar refractivity (Wildman–Crippen MR) is 212 cm³/mol. The van der Waals surface area contributed by atoms with E-state index in [0.29, 0.717) is 5.69 Å².